The number of anilines is 2. The number of hydrogen-bond acceptors (Lipinski definition) is 4. The van der Waals surface area contributed by atoms with Crippen LogP contribution in [0.5, 0.6) is 5.75 Å². The molecule has 0 unspecified atom stereocenters. The fraction of sp³-hybridized carbons (Fsp3) is 0.0909. The van der Waals surface area contributed by atoms with Crippen LogP contribution in [0.15, 0.2) is 66.7 Å². The van der Waals surface area contributed by atoms with E-state index in [1.165, 1.54) is 11.3 Å². The van der Waals surface area contributed by atoms with Gasteiger partial charge < -0.3 is 22.5 Å². The van der Waals surface area contributed by atoms with Crippen molar-refractivity contribution < 1.29 is 21.8 Å². The maximum atomic E-state index is 6.50. The predicted octanol–water partition coefficient (Wildman–Crippen LogP) is 3.46. The number of aryl methyl sites for hydroxylation is 1. The molecule has 0 saturated heterocycles. The van der Waals surface area contributed by atoms with Crippen molar-refractivity contribution in [2.24, 2.45) is 0 Å². The SMILES string of the molecule is COc1ccc(C)cc1Nc1n[n+](-c2ccccc2)c(-c2c(Cl)cccc2Cl)s1.[Cl-]. The minimum Gasteiger partial charge on any atom is -1.00 e. The fourth-order valence-electron chi connectivity index (χ4n) is 2.98. The van der Waals surface area contributed by atoms with Crippen LogP contribution < -0.4 is 27.1 Å². The van der Waals surface area contributed by atoms with Gasteiger partial charge in [0, 0.05) is 17.2 Å². The zero-order valence-corrected chi connectivity index (χ0v) is 19.3. The highest BCUT2D eigenvalue weighted by atomic mass is 35.5. The number of para-hydroxylation sites is 1. The van der Waals surface area contributed by atoms with Crippen molar-refractivity contribution in [3.8, 4) is 22.0 Å². The maximum Gasteiger partial charge on any atom is 0.307 e. The average Bonchev–Trinajstić information content (AvgIpc) is 3.12. The third-order valence-corrected chi connectivity index (χ3v) is 5.93. The predicted molar refractivity (Wildman–Crippen MR) is 120 cm³/mol. The first-order valence-corrected chi connectivity index (χ1v) is 10.5. The fourth-order valence-corrected chi connectivity index (χ4v) is 4.69. The Morgan fingerprint density at radius 3 is 2.33 bits per heavy atom. The number of aromatic nitrogens is 2. The first-order valence-electron chi connectivity index (χ1n) is 8.91. The van der Waals surface area contributed by atoms with E-state index in [1.54, 1.807) is 7.11 Å². The monoisotopic (exact) mass is 477 g/mol. The molecule has 1 aromatic heterocycles. The van der Waals surface area contributed by atoms with Crippen LogP contribution in [0.1, 0.15) is 5.56 Å². The normalized spacial score (nSPS) is 10.4. The minimum atomic E-state index is 0. The second-order valence-electron chi connectivity index (χ2n) is 6.39. The maximum absolute atomic E-state index is 6.50. The van der Waals surface area contributed by atoms with Gasteiger partial charge in [0.1, 0.15) is 5.75 Å². The lowest BCUT2D eigenvalue weighted by molar-refractivity contribution is -0.642. The summed E-state index contributed by atoms with van der Waals surface area (Å²) in [6, 6.07) is 21.3. The van der Waals surface area contributed by atoms with Crippen LogP contribution in [0.2, 0.25) is 10.0 Å². The summed E-state index contributed by atoms with van der Waals surface area (Å²) in [7, 11) is 1.65. The van der Waals surface area contributed by atoms with Gasteiger partial charge >= 0.3 is 5.01 Å². The molecule has 4 nitrogen and oxygen atoms in total. The third kappa shape index (κ3) is 4.55. The Bertz CT molecular complexity index is 1150. The number of benzene rings is 3. The van der Waals surface area contributed by atoms with Gasteiger partial charge in [0.15, 0.2) is 0 Å². The molecular weight excluding hydrogens is 461 g/mol. The summed E-state index contributed by atoms with van der Waals surface area (Å²) in [6.45, 7) is 2.03. The zero-order valence-electron chi connectivity index (χ0n) is 16.2. The molecule has 154 valence electrons. The van der Waals surface area contributed by atoms with Crippen molar-refractivity contribution in [1.29, 1.82) is 0 Å². The molecule has 1 N–H and O–H groups in total. The van der Waals surface area contributed by atoms with E-state index in [9.17, 15) is 0 Å². The Labute approximate surface area is 195 Å². The van der Waals surface area contributed by atoms with E-state index in [0.717, 1.165) is 33.3 Å². The molecule has 0 aliphatic rings. The molecule has 4 aromatic rings. The Kier molecular flexibility index (Phi) is 7.21. The second kappa shape index (κ2) is 9.67. The molecule has 0 atom stereocenters. The van der Waals surface area contributed by atoms with Gasteiger partial charge in [-0.05, 0) is 52.8 Å². The van der Waals surface area contributed by atoms with Gasteiger partial charge in [-0.25, -0.2) is 0 Å². The number of nitrogens with one attached hydrogen (secondary N) is 1. The molecule has 8 heteroatoms. The van der Waals surface area contributed by atoms with Crippen molar-refractivity contribution in [2.75, 3.05) is 12.4 Å². The van der Waals surface area contributed by atoms with Crippen molar-refractivity contribution in [2.45, 2.75) is 6.92 Å². The summed E-state index contributed by atoms with van der Waals surface area (Å²) < 4.78 is 7.33. The number of rotatable bonds is 5. The van der Waals surface area contributed by atoms with E-state index in [-0.39, 0.29) is 12.4 Å². The van der Waals surface area contributed by atoms with Crippen molar-refractivity contribution >= 4 is 45.4 Å². The molecule has 0 saturated carbocycles. The molecular formula is C22H18Cl3N3OS. The van der Waals surface area contributed by atoms with Crippen molar-refractivity contribution in [3.05, 3.63) is 82.3 Å². The molecule has 0 spiro atoms. The third-order valence-electron chi connectivity index (χ3n) is 4.35. The Balaban J connectivity index is 0.00000256. The Hall–Kier alpha value is -2.31. The van der Waals surface area contributed by atoms with Crippen LogP contribution in [0.25, 0.3) is 16.3 Å². The molecule has 0 fully saturated rings. The molecule has 4 rings (SSSR count). The standard InChI is InChI=1S/C22H18Cl2N3OS.ClH/c1-14-11-12-19(28-2)18(13-14)25-22-26-27(15-7-4-3-5-8-15)21(29-22)20-16(23)9-6-10-17(20)24;/h3-13H,1-2H3,(H,25,26);1H/q+1;/p-1. The van der Waals surface area contributed by atoms with Crippen LogP contribution in [0.3, 0.4) is 0 Å². The Morgan fingerprint density at radius 1 is 0.967 bits per heavy atom. The van der Waals surface area contributed by atoms with E-state index in [2.05, 4.69) is 5.32 Å². The quantitative estimate of drug-likeness (QED) is 0.447. The molecule has 0 bridgehead atoms. The van der Waals surface area contributed by atoms with Crippen molar-refractivity contribution in [3.63, 3.8) is 0 Å². The highest BCUT2D eigenvalue weighted by Gasteiger charge is 2.28. The summed E-state index contributed by atoms with van der Waals surface area (Å²) in [5.74, 6) is 0.745. The van der Waals surface area contributed by atoms with Gasteiger partial charge in [-0.2, -0.15) is 0 Å². The van der Waals surface area contributed by atoms with E-state index in [1.807, 2.05) is 78.3 Å². The first kappa shape index (κ1) is 22.4. The summed E-state index contributed by atoms with van der Waals surface area (Å²) in [5.41, 5.74) is 3.63. The van der Waals surface area contributed by atoms with Gasteiger partial charge in [-0.1, -0.05) is 53.5 Å². The first-order chi connectivity index (χ1) is 14.1. The van der Waals surface area contributed by atoms with Crippen LogP contribution in [0.4, 0.5) is 10.8 Å². The summed E-state index contributed by atoms with van der Waals surface area (Å²) in [4.78, 5) is 0. The molecule has 0 radical (unpaired) electrons. The van der Waals surface area contributed by atoms with Gasteiger partial charge in [-0.3, -0.25) is 0 Å². The lowest BCUT2D eigenvalue weighted by atomic mass is 10.2. The summed E-state index contributed by atoms with van der Waals surface area (Å²) in [6.07, 6.45) is 0. The van der Waals surface area contributed by atoms with E-state index in [4.69, 9.17) is 33.0 Å². The lowest BCUT2D eigenvalue weighted by Crippen LogP contribution is -3.00. The molecule has 30 heavy (non-hydrogen) atoms. The van der Waals surface area contributed by atoms with Crippen molar-refractivity contribution in [1.82, 2.24) is 5.10 Å². The topological polar surface area (TPSA) is 38.0 Å². The number of methoxy groups -OCH3 is 1. The average molecular weight is 479 g/mol. The highest BCUT2D eigenvalue weighted by molar-refractivity contribution is 7.18. The molecule has 0 aliphatic carbocycles. The van der Waals surface area contributed by atoms with E-state index in [0.29, 0.717) is 15.2 Å². The molecule has 3 aromatic carbocycles. The Morgan fingerprint density at radius 2 is 1.67 bits per heavy atom. The van der Waals surface area contributed by atoms with E-state index < -0.39 is 0 Å². The van der Waals surface area contributed by atoms with Gasteiger partial charge in [0.25, 0.3) is 5.13 Å². The largest absolute Gasteiger partial charge is 1.00 e. The van der Waals surface area contributed by atoms with Crippen LogP contribution in [-0.2, 0) is 0 Å². The highest BCUT2D eigenvalue weighted by Crippen LogP contribution is 2.38. The van der Waals surface area contributed by atoms with Gasteiger partial charge in [0.2, 0.25) is 5.69 Å². The molecule has 0 aliphatic heterocycles. The van der Waals surface area contributed by atoms with Crippen LogP contribution in [0, 0.1) is 6.92 Å². The number of ether oxygens (including phenoxy) is 1. The van der Waals surface area contributed by atoms with E-state index >= 15 is 0 Å². The second-order valence-corrected chi connectivity index (χ2v) is 8.18. The van der Waals surface area contributed by atoms with Crippen LogP contribution >= 0.6 is 34.5 Å². The summed E-state index contributed by atoms with van der Waals surface area (Å²) in [5, 5.41) is 10.9. The lowest BCUT2D eigenvalue weighted by Gasteiger charge is -2.08. The number of nitrogens with zero attached hydrogens (tertiary/aromatic N) is 2. The smallest absolute Gasteiger partial charge is 0.307 e. The molecule has 1 heterocycles. The van der Waals surface area contributed by atoms with Crippen LogP contribution in [-0.4, -0.2) is 12.2 Å². The van der Waals surface area contributed by atoms with Gasteiger partial charge in [-0.15, -0.1) is 0 Å². The number of hydrogen-bond donors (Lipinski definition) is 1. The number of halogens is 3. The summed E-state index contributed by atoms with van der Waals surface area (Å²) >= 11 is 14.5. The molecule has 0 amide bonds. The van der Waals surface area contributed by atoms with Gasteiger partial charge in [0.05, 0.1) is 28.4 Å². The zero-order chi connectivity index (χ0) is 20.4. The minimum absolute atomic E-state index is 0.